The van der Waals surface area contributed by atoms with Crippen LogP contribution in [0.3, 0.4) is 0 Å². The van der Waals surface area contributed by atoms with Crippen LogP contribution in [0.4, 0.5) is 21.5 Å². The van der Waals surface area contributed by atoms with E-state index in [0.717, 1.165) is 21.9 Å². The van der Waals surface area contributed by atoms with Crippen LogP contribution in [0.5, 0.6) is 5.75 Å². The molecule has 1 saturated carbocycles. The Bertz CT molecular complexity index is 1940. The molecule has 2 heterocycles. The van der Waals surface area contributed by atoms with E-state index in [2.05, 4.69) is 0 Å². The summed E-state index contributed by atoms with van der Waals surface area (Å²) >= 11 is 14.8. The van der Waals surface area contributed by atoms with Gasteiger partial charge < -0.3 is 5.11 Å². The lowest BCUT2D eigenvalue weighted by molar-refractivity contribution is -0.384. The van der Waals surface area contributed by atoms with Gasteiger partial charge in [0.15, 0.2) is 9.75 Å². The van der Waals surface area contributed by atoms with Crippen molar-refractivity contribution >= 4 is 63.9 Å². The van der Waals surface area contributed by atoms with Crippen LogP contribution in [-0.2, 0) is 19.2 Å². The molecular formula is C34H26Cl2FN3O7. The average molecular weight is 679 g/mol. The first-order valence-corrected chi connectivity index (χ1v) is 15.6. The summed E-state index contributed by atoms with van der Waals surface area (Å²) in [4.78, 5) is 65.0. The van der Waals surface area contributed by atoms with Crippen LogP contribution in [0.25, 0.3) is 0 Å². The monoisotopic (exact) mass is 677 g/mol. The van der Waals surface area contributed by atoms with E-state index in [0.29, 0.717) is 22.3 Å². The molecule has 0 radical (unpaired) electrons. The molecule has 3 aromatic carbocycles. The first-order chi connectivity index (χ1) is 22.2. The van der Waals surface area contributed by atoms with E-state index in [1.165, 1.54) is 36.4 Å². The maximum absolute atomic E-state index is 14.5. The highest BCUT2D eigenvalue weighted by atomic mass is 35.5. The lowest BCUT2D eigenvalue weighted by atomic mass is 9.56. The molecule has 0 aromatic heterocycles. The summed E-state index contributed by atoms with van der Waals surface area (Å²) in [5.41, 5.74) is 2.05. The van der Waals surface area contributed by atoms with Crippen LogP contribution in [0.1, 0.15) is 35.4 Å². The van der Waals surface area contributed by atoms with Gasteiger partial charge in [0, 0.05) is 18.1 Å². The number of allylic oxidation sites excluding steroid dienone is 2. The molecule has 3 aromatic rings. The van der Waals surface area contributed by atoms with E-state index in [9.17, 15) is 38.8 Å². The first kappa shape index (κ1) is 31.0. The summed E-state index contributed by atoms with van der Waals surface area (Å²) in [6.07, 6.45) is 1.66. The summed E-state index contributed by atoms with van der Waals surface area (Å²) in [5, 5.41) is 21.8. The number of carbonyl (C=O) groups is 4. The lowest BCUT2D eigenvalue weighted by Gasteiger charge is -2.50. The molecule has 1 N–H and O–H groups in total. The van der Waals surface area contributed by atoms with Gasteiger partial charge in [-0.2, -0.15) is 0 Å². The van der Waals surface area contributed by atoms with Crippen molar-refractivity contribution in [1.29, 1.82) is 0 Å². The number of halogens is 3. The summed E-state index contributed by atoms with van der Waals surface area (Å²) < 4.78 is 13.8. The summed E-state index contributed by atoms with van der Waals surface area (Å²) in [6, 6.07) is 13.1. The van der Waals surface area contributed by atoms with E-state index in [1.807, 2.05) is 0 Å². The van der Waals surface area contributed by atoms with Crippen molar-refractivity contribution in [2.75, 3.05) is 9.80 Å². The summed E-state index contributed by atoms with van der Waals surface area (Å²) in [7, 11) is 0. The number of non-ortho nitro benzene ring substituents is 1. The van der Waals surface area contributed by atoms with Crippen LogP contribution in [0, 0.1) is 47.5 Å². The fourth-order valence-corrected chi connectivity index (χ4v) is 8.84. The molecule has 4 amide bonds. The van der Waals surface area contributed by atoms with E-state index < -0.39 is 67.8 Å². The second-order valence-electron chi connectivity index (χ2n) is 12.5. The molecule has 2 aliphatic carbocycles. The normalized spacial score (nSPS) is 29.9. The molecule has 2 aliphatic heterocycles. The van der Waals surface area contributed by atoms with Crippen LogP contribution >= 0.6 is 23.2 Å². The van der Waals surface area contributed by atoms with E-state index in [4.69, 9.17) is 23.2 Å². The van der Waals surface area contributed by atoms with Crippen LogP contribution in [-0.4, -0.2) is 43.4 Å². The number of phenolic OH excluding ortho intramolecular Hbond substituents is 1. The summed E-state index contributed by atoms with van der Waals surface area (Å²) in [6.45, 7) is 3.36. The Kier molecular flexibility index (Phi) is 6.89. The van der Waals surface area contributed by atoms with Crippen molar-refractivity contribution in [3.8, 4) is 5.75 Å². The van der Waals surface area contributed by atoms with E-state index in [1.54, 1.807) is 32.1 Å². The molecule has 6 unspecified atom stereocenters. The number of amides is 4. The molecule has 0 bridgehead atoms. The van der Waals surface area contributed by atoms with Gasteiger partial charge in [-0.1, -0.05) is 23.8 Å². The number of anilines is 2. The topological polar surface area (TPSA) is 138 Å². The Hall–Kier alpha value is -4.61. The number of alkyl halides is 2. The molecular weight excluding hydrogens is 652 g/mol. The molecule has 0 spiro atoms. The second-order valence-corrected chi connectivity index (χ2v) is 13.8. The highest BCUT2D eigenvalue weighted by Crippen LogP contribution is 2.66. The minimum Gasteiger partial charge on any atom is -0.507 e. The molecule has 6 atom stereocenters. The van der Waals surface area contributed by atoms with Gasteiger partial charge in [0.25, 0.3) is 17.5 Å². The standard InChI is InChI=1S/C34H26Cl2FN3O7/c1-16-13-18(14-17(2)28(16)41)27-23-11-12-24-26(30(43)38(29(24)42)20-7-9-22(10-8-20)40(46)47)25(23)15-33(35)31(44)39(32(45)34(27,33)36)21-5-3-19(37)4-6-21/h3-11,13-14,24-27,41H,12,15H2,1-2H3. The zero-order valence-electron chi connectivity index (χ0n) is 24.9. The number of fused-ring (bicyclic) bond motifs is 4. The molecule has 4 aliphatic rings. The van der Waals surface area contributed by atoms with Crippen molar-refractivity contribution < 1.29 is 33.6 Å². The Labute approximate surface area is 277 Å². The average Bonchev–Trinajstić information content (AvgIpc) is 3.37. The summed E-state index contributed by atoms with van der Waals surface area (Å²) in [5.74, 6) is -6.91. The van der Waals surface area contributed by atoms with Crippen molar-refractivity contribution in [2.45, 2.75) is 42.4 Å². The zero-order valence-corrected chi connectivity index (χ0v) is 26.5. The number of benzene rings is 3. The molecule has 2 saturated heterocycles. The third-order valence-corrected chi connectivity index (χ3v) is 11.5. The number of nitrogens with zero attached hydrogens (tertiary/aromatic N) is 3. The van der Waals surface area contributed by atoms with E-state index in [-0.39, 0.29) is 35.7 Å². The maximum atomic E-state index is 14.5. The fourth-order valence-electron chi connectivity index (χ4n) is 7.91. The number of nitro groups is 1. The van der Waals surface area contributed by atoms with Crippen LogP contribution < -0.4 is 9.80 Å². The molecule has 240 valence electrons. The van der Waals surface area contributed by atoms with E-state index >= 15 is 0 Å². The maximum Gasteiger partial charge on any atom is 0.269 e. The third kappa shape index (κ3) is 4.15. The number of nitro benzene ring substituents is 1. The lowest BCUT2D eigenvalue weighted by Crippen LogP contribution is -2.60. The van der Waals surface area contributed by atoms with Crippen molar-refractivity contribution in [3.63, 3.8) is 0 Å². The number of aromatic hydroxyl groups is 1. The number of phenols is 1. The minimum absolute atomic E-state index is 0.0385. The smallest absolute Gasteiger partial charge is 0.269 e. The van der Waals surface area contributed by atoms with Gasteiger partial charge in [-0.25, -0.2) is 9.29 Å². The quantitative estimate of drug-likeness (QED) is 0.121. The van der Waals surface area contributed by atoms with Crippen molar-refractivity contribution in [3.05, 3.63) is 105 Å². The zero-order chi connectivity index (χ0) is 33.7. The van der Waals surface area contributed by atoms with Gasteiger partial charge in [0.05, 0.1) is 28.1 Å². The number of hydrogen-bond acceptors (Lipinski definition) is 7. The molecule has 13 heteroatoms. The fraction of sp³-hybridized carbons (Fsp3) is 0.294. The Morgan fingerprint density at radius 3 is 2.04 bits per heavy atom. The molecule has 7 rings (SSSR count). The predicted octanol–water partition coefficient (Wildman–Crippen LogP) is 5.82. The minimum atomic E-state index is -2.10. The van der Waals surface area contributed by atoms with Gasteiger partial charge in [-0.15, -0.1) is 23.2 Å². The van der Waals surface area contributed by atoms with Gasteiger partial charge in [-0.3, -0.25) is 34.2 Å². The predicted molar refractivity (Wildman–Crippen MR) is 170 cm³/mol. The SMILES string of the molecule is Cc1cc(C2C3=CCC4C(=O)N(c5ccc([N+](=O)[O-])cc5)C(=O)C4C3CC3(Cl)C(=O)N(c4ccc(F)cc4)C(=O)C23Cl)cc(C)c1O. The highest BCUT2D eigenvalue weighted by molar-refractivity contribution is 6.58. The Morgan fingerprint density at radius 1 is 0.872 bits per heavy atom. The van der Waals surface area contributed by atoms with Crippen molar-refractivity contribution in [1.82, 2.24) is 0 Å². The van der Waals surface area contributed by atoms with Crippen LogP contribution in [0.15, 0.2) is 72.3 Å². The number of hydrogen-bond donors (Lipinski definition) is 1. The number of imide groups is 2. The van der Waals surface area contributed by atoms with Crippen molar-refractivity contribution in [2.24, 2.45) is 17.8 Å². The Balaban J connectivity index is 1.39. The van der Waals surface area contributed by atoms with Crippen LogP contribution in [0.2, 0.25) is 0 Å². The van der Waals surface area contributed by atoms with Gasteiger partial charge >= 0.3 is 0 Å². The third-order valence-electron chi connectivity index (χ3n) is 10.1. The number of aryl methyl sites for hydroxylation is 2. The van der Waals surface area contributed by atoms with Gasteiger partial charge in [0.2, 0.25) is 11.8 Å². The number of carbonyl (C=O) groups excluding carboxylic acids is 4. The largest absolute Gasteiger partial charge is 0.507 e. The van der Waals surface area contributed by atoms with Gasteiger partial charge in [-0.05, 0) is 85.7 Å². The van der Waals surface area contributed by atoms with Gasteiger partial charge in [0.1, 0.15) is 11.6 Å². The molecule has 10 nitrogen and oxygen atoms in total. The Morgan fingerprint density at radius 2 is 1.45 bits per heavy atom. The second kappa shape index (κ2) is 10.4. The number of rotatable bonds is 4. The highest BCUT2D eigenvalue weighted by Gasteiger charge is 2.76. The molecule has 47 heavy (non-hydrogen) atoms. The molecule has 3 fully saturated rings. The first-order valence-electron chi connectivity index (χ1n) is 14.9.